The van der Waals surface area contributed by atoms with E-state index in [1.54, 1.807) is 12.1 Å². The first-order valence-corrected chi connectivity index (χ1v) is 14.1. The van der Waals surface area contributed by atoms with Gasteiger partial charge in [0.05, 0.1) is 0 Å². The van der Waals surface area contributed by atoms with Crippen LogP contribution >= 0.6 is 0 Å². The van der Waals surface area contributed by atoms with Crippen molar-refractivity contribution in [3.63, 3.8) is 0 Å². The molecule has 5 heteroatoms. The van der Waals surface area contributed by atoms with Crippen molar-refractivity contribution in [3.8, 4) is 11.3 Å². The van der Waals surface area contributed by atoms with Crippen LogP contribution in [0.2, 0.25) is 0 Å². The van der Waals surface area contributed by atoms with Crippen molar-refractivity contribution in [2.75, 3.05) is 39.9 Å². The van der Waals surface area contributed by atoms with Gasteiger partial charge in [-0.2, -0.15) is 0 Å². The number of nitrogens with zero attached hydrogens (tertiary/aromatic N) is 3. The Morgan fingerprint density at radius 3 is 2.47 bits per heavy atom. The van der Waals surface area contributed by atoms with Gasteiger partial charge in [0.2, 0.25) is 0 Å². The van der Waals surface area contributed by atoms with E-state index in [4.69, 9.17) is 4.74 Å². The topological polar surface area (TPSA) is 20.6 Å². The molecule has 3 heterocycles. The lowest BCUT2D eigenvalue weighted by Crippen LogP contribution is -2.34. The highest BCUT2D eigenvalue weighted by atomic mass is 19.1. The van der Waals surface area contributed by atoms with Crippen LogP contribution in [0.5, 0.6) is 0 Å². The molecule has 2 aliphatic rings. The summed E-state index contributed by atoms with van der Waals surface area (Å²) in [7, 11) is 2.21. The van der Waals surface area contributed by atoms with Gasteiger partial charge in [-0.05, 0) is 84.8 Å². The maximum Gasteiger partial charge on any atom is 0.123 e. The summed E-state index contributed by atoms with van der Waals surface area (Å²) in [5.41, 5.74) is 7.55. The summed E-state index contributed by atoms with van der Waals surface area (Å²) in [6.45, 7) is 7.50. The molecule has 0 spiro atoms. The number of halogens is 1. The zero-order valence-corrected chi connectivity index (χ0v) is 22.4. The SMILES string of the molecule is CN1CCc2cccc(c2)-c2cc3cc(F)ccc3n2CCN(CC2CCOCC2)Cc2cccc(c2)C1. The molecular weight excluding hydrogens is 473 g/mol. The van der Waals surface area contributed by atoms with Crippen LogP contribution in [0.25, 0.3) is 22.2 Å². The van der Waals surface area contributed by atoms with E-state index in [0.29, 0.717) is 5.92 Å². The minimum absolute atomic E-state index is 0.183. The molecular formula is C33H38FN3O. The highest BCUT2D eigenvalue weighted by Gasteiger charge is 2.20. The van der Waals surface area contributed by atoms with Gasteiger partial charge in [-0.15, -0.1) is 0 Å². The quantitative estimate of drug-likeness (QED) is 0.312. The van der Waals surface area contributed by atoms with Crippen LogP contribution in [-0.2, 0) is 30.8 Å². The molecule has 0 radical (unpaired) electrons. The van der Waals surface area contributed by atoms with E-state index < -0.39 is 0 Å². The Morgan fingerprint density at radius 2 is 1.61 bits per heavy atom. The average molecular weight is 512 g/mol. The second-order valence-electron chi connectivity index (χ2n) is 11.2. The average Bonchev–Trinajstić information content (AvgIpc) is 3.28. The predicted octanol–water partition coefficient (Wildman–Crippen LogP) is 6.36. The maximum atomic E-state index is 14.2. The summed E-state index contributed by atoms with van der Waals surface area (Å²) in [5.74, 6) is 0.479. The molecule has 2 aliphatic heterocycles. The fraction of sp³-hybridized carbons (Fsp3) is 0.394. The molecule has 0 saturated carbocycles. The van der Waals surface area contributed by atoms with E-state index in [2.05, 4.69) is 76.0 Å². The number of hydrogen-bond acceptors (Lipinski definition) is 3. The first-order valence-electron chi connectivity index (χ1n) is 14.1. The third kappa shape index (κ3) is 5.85. The second-order valence-corrected chi connectivity index (χ2v) is 11.2. The molecule has 198 valence electrons. The molecule has 1 fully saturated rings. The van der Waals surface area contributed by atoms with E-state index in [9.17, 15) is 4.39 Å². The van der Waals surface area contributed by atoms with E-state index in [-0.39, 0.29) is 5.82 Å². The first-order chi connectivity index (χ1) is 18.6. The molecule has 4 bridgehead atoms. The standard InChI is InChI=1S/C33H38FN3O/c1-35-13-10-25-4-3-7-29(19-25)33-21-30-20-31(34)8-9-32(30)37(33)15-14-36(23-26-11-16-38-17-12-26)24-28-6-2-5-27(18-28)22-35/h2-9,18-21,26H,10-17,22-24H2,1H3. The van der Waals surface area contributed by atoms with Crippen molar-refractivity contribution in [3.05, 3.63) is 95.3 Å². The van der Waals surface area contributed by atoms with Crippen molar-refractivity contribution < 1.29 is 9.13 Å². The smallest absolute Gasteiger partial charge is 0.123 e. The summed E-state index contributed by atoms with van der Waals surface area (Å²) in [6, 6.07) is 25.4. The fourth-order valence-electron chi connectivity index (χ4n) is 6.17. The normalized spacial score (nSPS) is 18.5. The summed E-state index contributed by atoms with van der Waals surface area (Å²) in [5, 5.41) is 0.965. The van der Waals surface area contributed by atoms with E-state index >= 15 is 0 Å². The van der Waals surface area contributed by atoms with Gasteiger partial charge >= 0.3 is 0 Å². The summed E-state index contributed by atoms with van der Waals surface area (Å²) >= 11 is 0. The second kappa shape index (κ2) is 11.4. The molecule has 38 heavy (non-hydrogen) atoms. The van der Waals surface area contributed by atoms with E-state index in [1.807, 2.05) is 6.07 Å². The van der Waals surface area contributed by atoms with Gasteiger partial charge in [0.15, 0.2) is 0 Å². The third-order valence-electron chi connectivity index (χ3n) is 8.22. The van der Waals surface area contributed by atoms with Gasteiger partial charge in [-0.25, -0.2) is 4.39 Å². The zero-order valence-electron chi connectivity index (χ0n) is 22.4. The molecule has 0 aliphatic carbocycles. The lowest BCUT2D eigenvalue weighted by atomic mass is 9.99. The number of likely N-dealkylation sites (N-methyl/N-ethyl adjacent to an activating group) is 1. The van der Waals surface area contributed by atoms with Crippen LogP contribution < -0.4 is 0 Å². The molecule has 0 amide bonds. The Balaban J connectivity index is 1.40. The highest BCUT2D eigenvalue weighted by molar-refractivity contribution is 5.87. The number of fused-ring (bicyclic) bond motifs is 8. The van der Waals surface area contributed by atoms with Gasteiger partial charge in [-0.3, -0.25) is 4.90 Å². The summed E-state index contributed by atoms with van der Waals surface area (Å²) in [4.78, 5) is 5.04. The molecule has 1 aromatic heterocycles. The highest BCUT2D eigenvalue weighted by Crippen LogP contribution is 2.30. The van der Waals surface area contributed by atoms with Crippen molar-refractivity contribution in [1.29, 1.82) is 0 Å². The number of ether oxygens (including phenoxy) is 1. The van der Waals surface area contributed by atoms with Crippen molar-refractivity contribution >= 4 is 10.9 Å². The van der Waals surface area contributed by atoms with Gasteiger partial charge in [-0.1, -0.05) is 42.5 Å². The van der Waals surface area contributed by atoms with E-state index in [1.165, 1.54) is 27.9 Å². The Hall–Kier alpha value is -2.99. The predicted molar refractivity (Wildman–Crippen MR) is 153 cm³/mol. The Labute approximate surface area is 225 Å². The summed E-state index contributed by atoms with van der Waals surface area (Å²) in [6.07, 6.45) is 3.26. The number of aromatic nitrogens is 1. The Morgan fingerprint density at radius 1 is 0.816 bits per heavy atom. The molecule has 4 nitrogen and oxygen atoms in total. The van der Waals surface area contributed by atoms with E-state index in [0.717, 1.165) is 82.6 Å². The molecule has 0 unspecified atom stereocenters. The van der Waals surface area contributed by atoms with Gasteiger partial charge in [0.1, 0.15) is 5.82 Å². The lowest BCUT2D eigenvalue weighted by Gasteiger charge is -2.30. The molecule has 1 saturated heterocycles. The van der Waals surface area contributed by atoms with Gasteiger partial charge in [0.25, 0.3) is 0 Å². The lowest BCUT2D eigenvalue weighted by molar-refractivity contribution is 0.0509. The van der Waals surface area contributed by atoms with Crippen molar-refractivity contribution in [2.45, 2.75) is 38.9 Å². The van der Waals surface area contributed by atoms with Crippen LogP contribution in [0.1, 0.15) is 29.5 Å². The molecule has 3 aromatic carbocycles. The van der Waals surface area contributed by atoms with Crippen LogP contribution in [-0.4, -0.2) is 54.3 Å². The zero-order chi connectivity index (χ0) is 25.9. The third-order valence-corrected chi connectivity index (χ3v) is 8.22. The van der Waals surface area contributed by atoms with Crippen LogP contribution in [0.15, 0.2) is 72.8 Å². The fourth-order valence-corrected chi connectivity index (χ4v) is 6.17. The number of hydrogen-bond donors (Lipinski definition) is 0. The van der Waals surface area contributed by atoms with Crippen molar-refractivity contribution in [2.24, 2.45) is 5.92 Å². The monoisotopic (exact) mass is 511 g/mol. The number of benzene rings is 3. The maximum absolute atomic E-state index is 14.2. The summed E-state index contributed by atoms with van der Waals surface area (Å²) < 4.78 is 22.3. The molecule has 0 atom stereocenters. The van der Waals surface area contributed by atoms with Crippen LogP contribution in [0.3, 0.4) is 0 Å². The van der Waals surface area contributed by atoms with Crippen molar-refractivity contribution in [1.82, 2.24) is 14.4 Å². The van der Waals surface area contributed by atoms with Crippen LogP contribution in [0, 0.1) is 11.7 Å². The largest absolute Gasteiger partial charge is 0.381 e. The molecule has 6 rings (SSSR count). The first kappa shape index (κ1) is 25.3. The minimum atomic E-state index is -0.183. The van der Waals surface area contributed by atoms with Crippen LogP contribution in [0.4, 0.5) is 4.39 Å². The van der Waals surface area contributed by atoms with Gasteiger partial charge < -0.3 is 14.2 Å². The molecule has 4 aromatic rings. The number of rotatable bonds is 2. The minimum Gasteiger partial charge on any atom is -0.381 e. The Kier molecular flexibility index (Phi) is 7.59. The Bertz CT molecular complexity index is 1390. The van der Waals surface area contributed by atoms with Gasteiger partial charge in [0, 0.05) is 69.1 Å². The molecule has 0 N–H and O–H groups in total.